The molecule has 0 saturated heterocycles. The summed E-state index contributed by atoms with van der Waals surface area (Å²) in [6.45, 7) is 3.69. The molecule has 0 fully saturated rings. The lowest BCUT2D eigenvalue weighted by atomic mass is 9.92. The Morgan fingerprint density at radius 1 is 1.53 bits per heavy atom. The van der Waals surface area contributed by atoms with Crippen molar-refractivity contribution in [2.24, 2.45) is 0 Å². The van der Waals surface area contributed by atoms with E-state index in [9.17, 15) is 4.79 Å². The number of thioether (sulfide) groups is 1. The summed E-state index contributed by atoms with van der Waals surface area (Å²) in [5.41, 5.74) is 2.37. The molecule has 0 aromatic heterocycles. The van der Waals surface area contributed by atoms with E-state index < -0.39 is 0 Å². The zero-order chi connectivity index (χ0) is 13.8. The van der Waals surface area contributed by atoms with Gasteiger partial charge in [-0.2, -0.15) is 0 Å². The molecule has 0 heterocycles. The molecule has 0 saturated carbocycles. The maximum Gasteiger partial charge on any atom is 0.217 e. The van der Waals surface area contributed by atoms with Gasteiger partial charge in [0.1, 0.15) is 5.75 Å². The molecule has 1 N–H and O–H groups in total. The second kappa shape index (κ2) is 6.15. The molecule has 19 heavy (non-hydrogen) atoms. The van der Waals surface area contributed by atoms with Crippen molar-refractivity contribution in [2.45, 2.75) is 31.2 Å². The highest BCUT2D eigenvalue weighted by atomic mass is 32.2. The molecule has 0 aliphatic heterocycles. The van der Waals surface area contributed by atoms with Crippen LogP contribution in [-0.4, -0.2) is 18.8 Å². The fourth-order valence-electron chi connectivity index (χ4n) is 2.40. The van der Waals surface area contributed by atoms with Crippen LogP contribution < -0.4 is 10.1 Å². The number of hydrogen-bond acceptors (Lipinski definition) is 3. The summed E-state index contributed by atoms with van der Waals surface area (Å²) >= 11 is 1.83. The molecule has 1 amide bonds. The summed E-state index contributed by atoms with van der Waals surface area (Å²) in [7, 11) is 1.67. The van der Waals surface area contributed by atoms with Crippen molar-refractivity contribution in [3.05, 3.63) is 35.4 Å². The van der Waals surface area contributed by atoms with Crippen LogP contribution in [0.25, 0.3) is 0 Å². The first-order chi connectivity index (χ1) is 9.17. The third-order valence-electron chi connectivity index (χ3n) is 3.11. The first kappa shape index (κ1) is 14.0. The second-order valence-electron chi connectivity index (χ2n) is 4.40. The van der Waals surface area contributed by atoms with Gasteiger partial charge in [-0.15, -0.1) is 11.8 Å². The third kappa shape index (κ3) is 2.95. The lowest BCUT2D eigenvalue weighted by Crippen LogP contribution is -2.27. The van der Waals surface area contributed by atoms with Crippen LogP contribution in [0.2, 0.25) is 0 Å². The van der Waals surface area contributed by atoms with E-state index in [2.05, 4.69) is 24.4 Å². The number of benzene rings is 1. The van der Waals surface area contributed by atoms with E-state index in [-0.39, 0.29) is 11.9 Å². The van der Waals surface area contributed by atoms with Gasteiger partial charge in [-0.3, -0.25) is 4.79 Å². The van der Waals surface area contributed by atoms with E-state index in [1.165, 1.54) is 10.5 Å². The number of carbonyl (C=O) groups excluding carboxylic acids is 1. The standard InChI is InChI=1S/C15H19NO2S/c1-4-19-14-9-8-13(18-3)15-11(14)6-5-7-12(15)16-10(2)17/h5,7-9,12H,4,6H2,1-3H3,(H,16,17). The van der Waals surface area contributed by atoms with E-state index in [0.717, 1.165) is 23.5 Å². The topological polar surface area (TPSA) is 38.3 Å². The minimum absolute atomic E-state index is 0.0295. The van der Waals surface area contributed by atoms with Crippen molar-refractivity contribution in [2.75, 3.05) is 12.9 Å². The molecule has 1 unspecified atom stereocenters. The maximum atomic E-state index is 11.3. The molecule has 0 bridgehead atoms. The molecule has 1 aliphatic rings. The number of ether oxygens (including phenoxy) is 1. The molecular weight excluding hydrogens is 258 g/mol. The summed E-state index contributed by atoms with van der Waals surface area (Å²) in [5, 5.41) is 2.97. The minimum Gasteiger partial charge on any atom is -0.496 e. The van der Waals surface area contributed by atoms with Crippen LogP contribution in [0.3, 0.4) is 0 Å². The van der Waals surface area contributed by atoms with Gasteiger partial charge in [-0.05, 0) is 29.9 Å². The quantitative estimate of drug-likeness (QED) is 0.679. The number of rotatable bonds is 4. The van der Waals surface area contributed by atoms with Gasteiger partial charge in [0, 0.05) is 17.4 Å². The van der Waals surface area contributed by atoms with Crippen molar-refractivity contribution in [1.82, 2.24) is 5.32 Å². The molecular formula is C15H19NO2S. The van der Waals surface area contributed by atoms with Crippen molar-refractivity contribution in [3.63, 3.8) is 0 Å². The van der Waals surface area contributed by atoms with E-state index in [1.807, 2.05) is 23.9 Å². The lowest BCUT2D eigenvalue weighted by Gasteiger charge is -2.25. The first-order valence-corrected chi connectivity index (χ1v) is 7.42. The summed E-state index contributed by atoms with van der Waals surface area (Å²) in [6.07, 6.45) is 5.04. The molecule has 1 aromatic carbocycles. The molecule has 102 valence electrons. The van der Waals surface area contributed by atoms with Gasteiger partial charge in [-0.25, -0.2) is 0 Å². The van der Waals surface area contributed by atoms with Gasteiger partial charge in [0.05, 0.1) is 13.2 Å². The molecule has 1 aliphatic carbocycles. The number of methoxy groups -OCH3 is 1. The van der Waals surface area contributed by atoms with Gasteiger partial charge >= 0.3 is 0 Å². The number of fused-ring (bicyclic) bond motifs is 1. The fraction of sp³-hybridized carbons (Fsp3) is 0.400. The zero-order valence-electron chi connectivity index (χ0n) is 11.5. The molecule has 3 nitrogen and oxygen atoms in total. The van der Waals surface area contributed by atoms with Gasteiger partial charge < -0.3 is 10.1 Å². The van der Waals surface area contributed by atoms with Crippen molar-refractivity contribution in [1.29, 1.82) is 0 Å². The highest BCUT2D eigenvalue weighted by molar-refractivity contribution is 7.99. The van der Waals surface area contributed by atoms with Crippen LogP contribution in [0.4, 0.5) is 0 Å². The van der Waals surface area contributed by atoms with Crippen LogP contribution in [0.1, 0.15) is 31.0 Å². The normalized spacial score (nSPS) is 16.9. The molecule has 4 heteroatoms. The number of allylic oxidation sites excluding steroid dienone is 1. The predicted octanol–water partition coefficient (Wildman–Crippen LogP) is 3.10. The Morgan fingerprint density at radius 3 is 2.95 bits per heavy atom. The Hall–Kier alpha value is -1.42. The van der Waals surface area contributed by atoms with Crippen LogP contribution in [0.15, 0.2) is 29.2 Å². The van der Waals surface area contributed by atoms with Gasteiger partial charge in [0.2, 0.25) is 5.91 Å². The smallest absolute Gasteiger partial charge is 0.217 e. The Balaban J connectivity index is 2.48. The number of nitrogens with one attached hydrogen (secondary N) is 1. The van der Waals surface area contributed by atoms with Crippen molar-refractivity contribution in [3.8, 4) is 5.75 Å². The minimum atomic E-state index is -0.0893. The summed E-state index contributed by atoms with van der Waals surface area (Å²) in [4.78, 5) is 12.6. The number of hydrogen-bond donors (Lipinski definition) is 1. The number of carbonyl (C=O) groups is 1. The fourth-order valence-corrected chi connectivity index (χ4v) is 3.24. The Morgan fingerprint density at radius 2 is 2.32 bits per heavy atom. The van der Waals surface area contributed by atoms with Crippen LogP contribution in [0.5, 0.6) is 5.75 Å². The van der Waals surface area contributed by atoms with E-state index in [4.69, 9.17) is 4.74 Å². The molecule has 2 rings (SSSR count). The van der Waals surface area contributed by atoms with Gasteiger partial charge in [0.15, 0.2) is 0 Å². The highest BCUT2D eigenvalue weighted by Crippen LogP contribution is 2.38. The van der Waals surface area contributed by atoms with Crippen molar-refractivity contribution >= 4 is 17.7 Å². The molecule has 0 spiro atoms. The average Bonchev–Trinajstić information content (AvgIpc) is 2.39. The van der Waals surface area contributed by atoms with E-state index in [1.54, 1.807) is 14.0 Å². The third-order valence-corrected chi connectivity index (χ3v) is 4.10. The van der Waals surface area contributed by atoms with E-state index >= 15 is 0 Å². The molecule has 0 radical (unpaired) electrons. The monoisotopic (exact) mass is 277 g/mol. The predicted molar refractivity (Wildman–Crippen MR) is 78.8 cm³/mol. The van der Waals surface area contributed by atoms with Crippen molar-refractivity contribution < 1.29 is 9.53 Å². The van der Waals surface area contributed by atoms with Gasteiger partial charge in [0.25, 0.3) is 0 Å². The SMILES string of the molecule is CCSc1ccc(OC)c2c1CC=CC2NC(C)=O. The highest BCUT2D eigenvalue weighted by Gasteiger charge is 2.23. The summed E-state index contributed by atoms with van der Waals surface area (Å²) in [5.74, 6) is 1.85. The first-order valence-electron chi connectivity index (χ1n) is 6.43. The Kier molecular flexibility index (Phi) is 4.53. The van der Waals surface area contributed by atoms with Gasteiger partial charge in [-0.1, -0.05) is 19.1 Å². The zero-order valence-corrected chi connectivity index (χ0v) is 12.3. The average molecular weight is 277 g/mol. The van der Waals surface area contributed by atoms with Crippen LogP contribution >= 0.6 is 11.8 Å². The largest absolute Gasteiger partial charge is 0.496 e. The summed E-state index contributed by atoms with van der Waals surface area (Å²) < 4.78 is 5.46. The Labute approximate surface area is 118 Å². The second-order valence-corrected chi connectivity index (χ2v) is 5.71. The number of amides is 1. The van der Waals surface area contributed by atoms with Crippen LogP contribution in [0, 0.1) is 0 Å². The maximum absolute atomic E-state index is 11.3. The van der Waals surface area contributed by atoms with Crippen LogP contribution in [-0.2, 0) is 11.2 Å². The molecule has 1 atom stereocenters. The van der Waals surface area contributed by atoms with E-state index in [0.29, 0.717) is 0 Å². The summed E-state index contributed by atoms with van der Waals surface area (Å²) in [6, 6.07) is 4.01. The molecule has 1 aromatic rings. The Bertz CT molecular complexity index is 511. The lowest BCUT2D eigenvalue weighted by molar-refractivity contribution is -0.119.